The molecule has 2 fully saturated rings. The number of hydrogen-bond donors (Lipinski definition) is 2. The molecule has 3 aromatic heterocycles. The Morgan fingerprint density at radius 3 is 2.55 bits per heavy atom. The molecular formula is C23H26N6O2. The van der Waals surface area contributed by atoms with Crippen LogP contribution in [0.2, 0.25) is 0 Å². The maximum atomic E-state index is 12.5. The summed E-state index contributed by atoms with van der Waals surface area (Å²) < 4.78 is 1.54. The fourth-order valence-electron chi connectivity index (χ4n) is 5.07. The van der Waals surface area contributed by atoms with Crippen LogP contribution in [0.25, 0.3) is 16.8 Å². The highest BCUT2D eigenvalue weighted by Gasteiger charge is 2.37. The normalized spacial score (nSPS) is 22.7. The number of hydrogen-bond acceptors (Lipinski definition) is 7. The van der Waals surface area contributed by atoms with Crippen LogP contribution in [0.4, 0.5) is 5.82 Å². The maximum absolute atomic E-state index is 12.5. The third-order valence-electron chi connectivity index (χ3n) is 6.60. The van der Waals surface area contributed by atoms with E-state index in [9.17, 15) is 9.59 Å². The van der Waals surface area contributed by atoms with Gasteiger partial charge in [0.2, 0.25) is 0 Å². The van der Waals surface area contributed by atoms with Gasteiger partial charge in [-0.1, -0.05) is 13.0 Å². The molecule has 0 aliphatic carbocycles. The van der Waals surface area contributed by atoms with Gasteiger partial charge in [0.05, 0.1) is 17.5 Å². The zero-order chi connectivity index (χ0) is 21.7. The third kappa shape index (κ3) is 3.31. The van der Waals surface area contributed by atoms with Crippen molar-refractivity contribution in [3.8, 4) is 11.1 Å². The van der Waals surface area contributed by atoms with Crippen molar-refractivity contribution in [2.24, 2.45) is 0 Å². The van der Waals surface area contributed by atoms with Crippen LogP contribution in [0.5, 0.6) is 0 Å². The highest BCUT2D eigenvalue weighted by atomic mass is 16.1. The van der Waals surface area contributed by atoms with E-state index in [1.165, 1.54) is 24.3 Å². The smallest absolute Gasteiger partial charge is 0.180 e. The molecule has 0 amide bonds. The number of nitrogen functional groups attached to an aromatic ring is 1. The van der Waals surface area contributed by atoms with Gasteiger partial charge < -0.3 is 11.1 Å². The lowest BCUT2D eigenvalue weighted by atomic mass is 9.86. The Bertz CT molecular complexity index is 1170. The number of anilines is 1. The van der Waals surface area contributed by atoms with Crippen molar-refractivity contribution in [3.63, 3.8) is 0 Å². The predicted octanol–water partition coefficient (Wildman–Crippen LogP) is 3.17. The molecule has 0 aromatic carbocycles. The number of ketones is 2. The molecule has 0 spiro atoms. The lowest BCUT2D eigenvalue weighted by Gasteiger charge is -2.30. The van der Waals surface area contributed by atoms with Gasteiger partial charge in [-0.3, -0.25) is 14.6 Å². The SMILES string of the molecule is CCC(=O)c1ccc(-c2cnn3c(N)c(C(C)=O)c([C@H]4C[C@H]5CC[C@@H](C4)N5)nc23)cn1. The first kappa shape index (κ1) is 19.8. The van der Waals surface area contributed by atoms with Crippen LogP contribution in [0.15, 0.2) is 24.5 Å². The van der Waals surface area contributed by atoms with E-state index >= 15 is 0 Å². The first-order chi connectivity index (χ1) is 15.0. The quantitative estimate of drug-likeness (QED) is 0.612. The Hall–Kier alpha value is -3.13. The number of fused-ring (bicyclic) bond motifs is 3. The second-order valence-corrected chi connectivity index (χ2v) is 8.62. The Kier molecular flexibility index (Phi) is 4.81. The molecular weight excluding hydrogens is 392 g/mol. The summed E-state index contributed by atoms with van der Waals surface area (Å²) in [7, 11) is 0. The van der Waals surface area contributed by atoms with E-state index in [-0.39, 0.29) is 17.5 Å². The largest absolute Gasteiger partial charge is 0.383 e. The Balaban J connectivity index is 1.63. The molecule has 0 unspecified atom stereocenters. The number of rotatable bonds is 5. The van der Waals surface area contributed by atoms with Crippen molar-refractivity contribution < 1.29 is 9.59 Å². The van der Waals surface area contributed by atoms with Crippen LogP contribution in [0.3, 0.4) is 0 Å². The Morgan fingerprint density at radius 1 is 1.19 bits per heavy atom. The van der Waals surface area contributed by atoms with E-state index < -0.39 is 0 Å². The van der Waals surface area contributed by atoms with Gasteiger partial charge in [0.15, 0.2) is 17.2 Å². The summed E-state index contributed by atoms with van der Waals surface area (Å²) in [6.07, 6.45) is 8.02. The number of Topliss-reactive ketones (excluding diaryl/α,β-unsaturated/α-hetero) is 2. The van der Waals surface area contributed by atoms with E-state index in [0.29, 0.717) is 41.2 Å². The topological polar surface area (TPSA) is 115 Å². The summed E-state index contributed by atoms with van der Waals surface area (Å²) in [6, 6.07) is 4.53. The summed E-state index contributed by atoms with van der Waals surface area (Å²) in [5.74, 6) is 0.433. The molecule has 0 saturated carbocycles. The fraction of sp³-hybridized carbons (Fsp3) is 0.435. The van der Waals surface area contributed by atoms with E-state index in [4.69, 9.17) is 10.7 Å². The number of nitrogens with two attached hydrogens (primary N) is 1. The summed E-state index contributed by atoms with van der Waals surface area (Å²) in [4.78, 5) is 33.7. The van der Waals surface area contributed by atoms with Crippen molar-refractivity contribution >= 4 is 23.0 Å². The maximum Gasteiger partial charge on any atom is 0.180 e. The number of nitrogens with one attached hydrogen (secondary N) is 1. The van der Waals surface area contributed by atoms with E-state index in [0.717, 1.165) is 29.7 Å². The fourth-order valence-corrected chi connectivity index (χ4v) is 5.07. The van der Waals surface area contributed by atoms with Crippen LogP contribution in [-0.4, -0.2) is 43.2 Å². The molecule has 2 bridgehead atoms. The van der Waals surface area contributed by atoms with E-state index in [2.05, 4.69) is 15.4 Å². The summed E-state index contributed by atoms with van der Waals surface area (Å²) in [6.45, 7) is 3.35. The molecule has 8 heteroatoms. The average Bonchev–Trinajstić information content (AvgIpc) is 3.35. The molecule has 5 rings (SSSR count). The molecule has 2 aliphatic rings. The number of piperidine rings is 1. The minimum atomic E-state index is -0.0890. The van der Waals surface area contributed by atoms with Crippen LogP contribution >= 0.6 is 0 Å². The van der Waals surface area contributed by atoms with Gasteiger partial charge in [0.25, 0.3) is 0 Å². The van der Waals surface area contributed by atoms with Crippen molar-refractivity contribution in [2.45, 2.75) is 64.0 Å². The van der Waals surface area contributed by atoms with Gasteiger partial charge in [-0.05, 0) is 38.7 Å². The lowest BCUT2D eigenvalue weighted by molar-refractivity contribution is 0.0981. The first-order valence-electron chi connectivity index (χ1n) is 10.9. The van der Waals surface area contributed by atoms with Gasteiger partial charge in [-0.15, -0.1) is 0 Å². The minimum absolute atomic E-state index is 0.00251. The van der Waals surface area contributed by atoms with Crippen molar-refractivity contribution in [1.82, 2.24) is 24.9 Å². The number of carbonyl (C=O) groups excluding carboxylic acids is 2. The zero-order valence-corrected chi connectivity index (χ0v) is 17.8. The zero-order valence-electron chi connectivity index (χ0n) is 17.8. The molecule has 3 N–H and O–H groups in total. The van der Waals surface area contributed by atoms with Gasteiger partial charge in [-0.2, -0.15) is 9.61 Å². The molecule has 31 heavy (non-hydrogen) atoms. The minimum Gasteiger partial charge on any atom is -0.383 e. The first-order valence-corrected chi connectivity index (χ1v) is 10.9. The standard InChI is InChI=1S/C23H26N6O2/c1-3-19(31)18-7-4-13(10-25-18)17-11-26-29-22(24)20(12(2)30)21(28-23(17)29)14-8-15-5-6-16(9-14)27-15/h4,7,10-11,14-16,27H,3,5-6,8-9,24H2,1-2H3/t14-,15+,16-. The van der Waals surface area contributed by atoms with Crippen LogP contribution in [0.1, 0.15) is 78.4 Å². The second kappa shape index (κ2) is 7.53. The molecule has 3 aromatic rings. The number of carbonyl (C=O) groups is 2. The third-order valence-corrected chi connectivity index (χ3v) is 6.60. The molecule has 3 atom stereocenters. The molecule has 160 valence electrons. The monoisotopic (exact) mass is 418 g/mol. The Morgan fingerprint density at radius 2 is 1.94 bits per heavy atom. The van der Waals surface area contributed by atoms with Crippen molar-refractivity contribution in [3.05, 3.63) is 41.5 Å². The predicted molar refractivity (Wildman–Crippen MR) is 117 cm³/mol. The van der Waals surface area contributed by atoms with Crippen LogP contribution in [0, 0.1) is 0 Å². The van der Waals surface area contributed by atoms with Gasteiger partial charge in [0, 0.05) is 41.7 Å². The van der Waals surface area contributed by atoms with E-state index in [1.807, 2.05) is 13.0 Å². The van der Waals surface area contributed by atoms with Crippen LogP contribution in [-0.2, 0) is 0 Å². The molecule has 2 saturated heterocycles. The molecule has 2 aliphatic heterocycles. The molecule has 0 radical (unpaired) electrons. The molecule has 8 nitrogen and oxygen atoms in total. The van der Waals surface area contributed by atoms with Crippen molar-refractivity contribution in [1.29, 1.82) is 0 Å². The number of pyridine rings is 1. The second-order valence-electron chi connectivity index (χ2n) is 8.62. The van der Waals surface area contributed by atoms with Gasteiger partial charge >= 0.3 is 0 Å². The summed E-state index contributed by atoms with van der Waals surface area (Å²) in [5.41, 5.74) is 10.4. The summed E-state index contributed by atoms with van der Waals surface area (Å²) in [5, 5.41) is 8.05. The number of nitrogens with zero attached hydrogens (tertiary/aromatic N) is 4. The van der Waals surface area contributed by atoms with Crippen LogP contribution < -0.4 is 11.1 Å². The van der Waals surface area contributed by atoms with E-state index in [1.54, 1.807) is 18.5 Å². The highest BCUT2D eigenvalue weighted by molar-refractivity contribution is 6.00. The molecule has 5 heterocycles. The van der Waals surface area contributed by atoms with Gasteiger partial charge in [0.1, 0.15) is 11.5 Å². The lowest BCUT2D eigenvalue weighted by Crippen LogP contribution is -2.38. The van der Waals surface area contributed by atoms with Crippen molar-refractivity contribution in [2.75, 3.05) is 5.73 Å². The van der Waals surface area contributed by atoms with Gasteiger partial charge in [-0.25, -0.2) is 4.98 Å². The Labute approximate surface area is 180 Å². The average molecular weight is 419 g/mol. The summed E-state index contributed by atoms with van der Waals surface area (Å²) >= 11 is 0. The highest BCUT2D eigenvalue weighted by Crippen LogP contribution is 2.39. The number of aromatic nitrogens is 4.